The molecule has 1 unspecified atom stereocenters. The number of H-pyrrole nitrogens is 1. The van der Waals surface area contributed by atoms with Crippen LogP contribution in [-0.2, 0) is 23.4 Å². The fourth-order valence-corrected chi connectivity index (χ4v) is 5.65. The van der Waals surface area contributed by atoms with Gasteiger partial charge >= 0.3 is 0 Å². The number of carbonyl (C=O) groups is 1. The average molecular weight is 407 g/mol. The van der Waals surface area contributed by atoms with Gasteiger partial charge in [-0.1, -0.05) is 0 Å². The molecule has 1 amide bonds. The van der Waals surface area contributed by atoms with Crippen LogP contribution in [-0.4, -0.2) is 52.2 Å². The number of thioether (sulfide) groups is 1. The molecule has 2 aliphatic rings. The number of carbonyl (C=O) groups excluding carboxylic acids is 1. The Hall–Kier alpha value is -1.38. The van der Waals surface area contributed by atoms with Crippen LogP contribution in [0.5, 0.6) is 0 Å². The van der Waals surface area contributed by atoms with Gasteiger partial charge in [-0.3, -0.25) is 14.5 Å². The highest BCUT2D eigenvalue weighted by molar-refractivity contribution is 7.99. The van der Waals surface area contributed by atoms with Crippen LogP contribution in [0.25, 0.3) is 10.2 Å². The van der Waals surface area contributed by atoms with Crippen molar-refractivity contribution in [2.75, 3.05) is 19.3 Å². The number of nitrogens with zero attached hydrogens (tertiary/aromatic N) is 2. The fourth-order valence-electron chi connectivity index (χ4n) is 3.65. The molecule has 8 heteroatoms. The first kappa shape index (κ1) is 19.0. The van der Waals surface area contributed by atoms with Gasteiger partial charge in [0.15, 0.2) is 0 Å². The third-order valence-corrected chi connectivity index (χ3v) is 7.64. The molecule has 0 bridgehead atoms. The summed E-state index contributed by atoms with van der Waals surface area (Å²) in [6.45, 7) is 2.82. The van der Waals surface area contributed by atoms with E-state index >= 15 is 0 Å². The van der Waals surface area contributed by atoms with E-state index in [-0.39, 0.29) is 11.5 Å². The van der Waals surface area contributed by atoms with Crippen molar-refractivity contribution in [2.45, 2.75) is 56.9 Å². The number of aryl methyl sites for hydroxylation is 2. The largest absolute Gasteiger partial charge is 0.354 e. The van der Waals surface area contributed by atoms with Gasteiger partial charge in [0.05, 0.1) is 16.9 Å². The lowest BCUT2D eigenvalue weighted by molar-refractivity contribution is -0.118. The molecule has 2 aromatic rings. The monoisotopic (exact) mass is 406 g/mol. The third-order valence-electron chi connectivity index (χ3n) is 5.51. The van der Waals surface area contributed by atoms with Crippen molar-refractivity contribution in [3.63, 3.8) is 0 Å². The Morgan fingerprint density at radius 1 is 1.44 bits per heavy atom. The molecule has 0 aromatic carbocycles. The van der Waals surface area contributed by atoms with E-state index in [0.717, 1.165) is 29.5 Å². The van der Waals surface area contributed by atoms with Crippen molar-refractivity contribution >= 4 is 39.2 Å². The average Bonchev–Trinajstić information content (AvgIpc) is 3.29. The molecule has 0 radical (unpaired) electrons. The maximum atomic E-state index is 12.4. The maximum absolute atomic E-state index is 12.4. The van der Waals surface area contributed by atoms with Crippen LogP contribution in [0.15, 0.2) is 4.79 Å². The zero-order valence-electron chi connectivity index (χ0n) is 15.8. The number of hydrogen-bond acceptors (Lipinski definition) is 6. The van der Waals surface area contributed by atoms with Crippen molar-refractivity contribution in [2.24, 2.45) is 0 Å². The molecule has 1 fully saturated rings. The Labute approximate surface area is 167 Å². The van der Waals surface area contributed by atoms with Crippen LogP contribution < -0.4 is 10.9 Å². The molecule has 2 heterocycles. The van der Waals surface area contributed by atoms with Crippen LogP contribution in [0.3, 0.4) is 0 Å². The lowest BCUT2D eigenvalue weighted by Crippen LogP contribution is -2.41. The molecule has 6 nitrogen and oxygen atoms in total. The summed E-state index contributed by atoms with van der Waals surface area (Å²) in [6.07, 6.45) is 5.73. The molecular weight excluding hydrogens is 380 g/mol. The predicted octanol–water partition coefficient (Wildman–Crippen LogP) is 2.31. The molecular formula is C19H26N4O2S2. The molecule has 4 rings (SSSR count). The second kappa shape index (κ2) is 7.93. The first-order valence-electron chi connectivity index (χ1n) is 9.62. The van der Waals surface area contributed by atoms with Crippen molar-refractivity contribution < 1.29 is 4.79 Å². The summed E-state index contributed by atoms with van der Waals surface area (Å²) in [5, 5.41) is 3.79. The number of amides is 1. The van der Waals surface area contributed by atoms with E-state index in [1.54, 1.807) is 11.3 Å². The summed E-state index contributed by atoms with van der Waals surface area (Å²) in [5.41, 5.74) is 1.17. The van der Waals surface area contributed by atoms with Crippen molar-refractivity contribution in [3.8, 4) is 0 Å². The van der Waals surface area contributed by atoms with Crippen molar-refractivity contribution in [1.82, 2.24) is 20.2 Å². The van der Waals surface area contributed by atoms with Crippen LogP contribution in [0, 0.1) is 0 Å². The molecule has 2 aliphatic carbocycles. The van der Waals surface area contributed by atoms with Gasteiger partial charge in [-0.25, -0.2) is 4.98 Å². The standard InChI is InChI=1S/C19H26N4O2S2/c1-11(23(2)12-6-7-12)8-20-16(24)10-26-9-15-21-18(25)17-13-4-3-5-14(13)27-19(17)22-15/h11-12H,3-10H2,1-2H3,(H,20,24)(H,21,22,25). The maximum Gasteiger partial charge on any atom is 0.259 e. The molecule has 0 spiro atoms. The van der Waals surface area contributed by atoms with Gasteiger partial charge in [-0.15, -0.1) is 23.1 Å². The van der Waals surface area contributed by atoms with E-state index < -0.39 is 0 Å². The van der Waals surface area contributed by atoms with Crippen LogP contribution in [0.1, 0.15) is 42.5 Å². The number of fused-ring (bicyclic) bond motifs is 3. The van der Waals surface area contributed by atoms with Gasteiger partial charge in [0.25, 0.3) is 5.56 Å². The molecule has 2 N–H and O–H groups in total. The predicted molar refractivity (Wildman–Crippen MR) is 112 cm³/mol. The summed E-state index contributed by atoms with van der Waals surface area (Å²) in [6, 6.07) is 1.05. The van der Waals surface area contributed by atoms with Crippen LogP contribution >= 0.6 is 23.1 Å². The van der Waals surface area contributed by atoms with Crippen LogP contribution in [0.2, 0.25) is 0 Å². The van der Waals surface area contributed by atoms with E-state index in [1.807, 2.05) is 0 Å². The van der Waals surface area contributed by atoms with Crippen molar-refractivity contribution in [3.05, 3.63) is 26.6 Å². The smallest absolute Gasteiger partial charge is 0.259 e. The highest BCUT2D eigenvalue weighted by Gasteiger charge is 2.29. The van der Waals surface area contributed by atoms with E-state index in [0.29, 0.717) is 36.0 Å². The van der Waals surface area contributed by atoms with Gasteiger partial charge in [0, 0.05) is 23.5 Å². The van der Waals surface area contributed by atoms with Crippen LogP contribution in [0.4, 0.5) is 0 Å². The summed E-state index contributed by atoms with van der Waals surface area (Å²) in [7, 11) is 2.13. The zero-order valence-corrected chi connectivity index (χ0v) is 17.5. The summed E-state index contributed by atoms with van der Waals surface area (Å²) >= 11 is 3.14. The topological polar surface area (TPSA) is 78.1 Å². The van der Waals surface area contributed by atoms with E-state index in [9.17, 15) is 9.59 Å². The summed E-state index contributed by atoms with van der Waals surface area (Å²) in [4.78, 5) is 36.6. The van der Waals surface area contributed by atoms with Gasteiger partial charge in [-0.05, 0) is 51.6 Å². The van der Waals surface area contributed by atoms with Gasteiger partial charge in [0.1, 0.15) is 10.7 Å². The Balaban J connectivity index is 1.27. The number of aromatic amines is 1. The Bertz CT molecular complexity index is 903. The number of hydrogen-bond donors (Lipinski definition) is 2. The molecule has 0 saturated heterocycles. The SMILES string of the molecule is CC(CNC(=O)CSCc1nc2sc3c(c2c(=O)[nH]1)CCC3)N(C)C1CC1. The second-order valence-corrected chi connectivity index (χ2v) is 9.66. The molecule has 1 atom stereocenters. The minimum atomic E-state index is -0.0311. The van der Waals surface area contributed by atoms with E-state index in [4.69, 9.17) is 0 Å². The highest BCUT2D eigenvalue weighted by Crippen LogP contribution is 2.34. The lowest BCUT2D eigenvalue weighted by Gasteiger charge is -2.24. The minimum Gasteiger partial charge on any atom is -0.354 e. The normalized spacial score (nSPS) is 17.4. The highest BCUT2D eigenvalue weighted by atomic mass is 32.2. The first-order chi connectivity index (χ1) is 13.0. The van der Waals surface area contributed by atoms with Crippen molar-refractivity contribution in [1.29, 1.82) is 0 Å². The number of aromatic nitrogens is 2. The quantitative estimate of drug-likeness (QED) is 0.703. The van der Waals surface area contributed by atoms with E-state index in [1.165, 1.54) is 35.0 Å². The summed E-state index contributed by atoms with van der Waals surface area (Å²) < 4.78 is 0. The van der Waals surface area contributed by atoms with Gasteiger partial charge in [0.2, 0.25) is 5.91 Å². The molecule has 2 aromatic heterocycles. The second-order valence-electron chi connectivity index (χ2n) is 7.59. The van der Waals surface area contributed by atoms with Gasteiger partial charge in [-0.2, -0.15) is 0 Å². The number of nitrogens with one attached hydrogen (secondary N) is 2. The lowest BCUT2D eigenvalue weighted by atomic mass is 10.2. The molecule has 146 valence electrons. The Morgan fingerprint density at radius 2 is 2.26 bits per heavy atom. The fraction of sp³-hybridized carbons (Fsp3) is 0.632. The molecule has 27 heavy (non-hydrogen) atoms. The third kappa shape index (κ3) is 4.22. The summed E-state index contributed by atoms with van der Waals surface area (Å²) in [5.74, 6) is 1.61. The van der Waals surface area contributed by atoms with Gasteiger partial charge < -0.3 is 10.3 Å². The number of likely N-dealkylation sites (N-methyl/N-ethyl adjacent to an activating group) is 1. The Kier molecular flexibility index (Phi) is 5.57. The number of thiophene rings is 1. The minimum absolute atomic E-state index is 0.0311. The first-order valence-corrected chi connectivity index (χ1v) is 11.6. The zero-order chi connectivity index (χ0) is 19.0. The Morgan fingerprint density at radius 3 is 3.04 bits per heavy atom. The molecule has 0 aliphatic heterocycles. The van der Waals surface area contributed by atoms with E-state index in [2.05, 4.69) is 34.2 Å². The molecule has 1 saturated carbocycles. The number of rotatable bonds is 8.